The molecule has 0 spiro atoms. The first-order valence-corrected chi connectivity index (χ1v) is 11.5. The summed E-state index contributed by atoms with van der Waals surface area (Å²) in [6.07, 6.45) is 0.516. The minimum absolute atomic E-state index is 0.0690. The van der Waals surface area contributed by atoms with Crippen LogP contribution in [0, 0.1) is 10.1 Å². The molecular weight excluding hydrogens is 468 g/mol. The number of nitro benzene ring substituents is 1. The minimum Gasteiger partial charge on any atom is -0.497 e. The number of hydrazone groups is 1. The highest BCUT2D eigenvalue weighted by Gasteiger charge is 2.21. The second-order valence-electron chi connectivity index (χ2n) is 7.03. The van der Waals surface area contributed by atoms with Crippen molar-refractivity contribution in [3.8, 4) is 5.75 Å². The van der Waals surface area contributed by atoms with Crippen LogP contribution in [0.2, 0.25) is 5.02 Å². The molecule has 2 N–H and O–H groups in total. The zero-order valence-electron chi connectivity index (χ0n) is 17.8. The highest BCUT2D eigenvalue weighted by Crippen LogP contribution is 2.29. The summed E-state index contributed by atoms with van der Waals surface area (Å²) in [6.45, 7) is 1.78. The quantitative estimate of drug-likeness (QED) is 0.246. The number of ether oxygens (including phenoxy) is 1. The molecule has 0 amide bonds. The van der Waals surface area contributed by atoms with Crippen molar-refractivity contribution in [1.29, 1.82) is 0 Å². The van der Waals surface area contributed by atoms with Gasteiger partial charge in [-0.25, -0.2) is 8.42 Å². The number of nitro groups is 1. The van der Waals surface area contributed by atoms with E-state index in [2.05, 4.69) is 15.2 Å². The number of benzene rings is 3. The summed E-state index contributed by atoms with van der Waals surface area (Å²) in [6, 6.07) is 17.0. The summed E-state index contributed by atoms with van der Waals surface area (Å²) in [5.41, 5.74) is 4.26. The Hall–Kier alpha value is -3.63. The largest absolute Gasteiger partial charge is 0.497 e. The third kappa shape index (κ3) is 6.43. The lowest BCUT2D eigenvalue weighted by Crippen LogP contribution is -2.13. The van der Waals surface area contributed by atoms with E-state index in [4.69, 9.17) is 16.3 Å². The van der Waals surface area contributed by atoms with Crippen LogP contribution in [-0.4, -0.2) is 26.2 Å². The van der Waals surface area contributed by atoms with E-state index in [-0.39, 0.29) is 16.3 Å². The van der Waals surface area contributed by atoms with Crippen LogP contribution in [0.15, 0.2) is 76.7 Å². The van der Waals surface area contributed by atoms with Crippen molar-refractivity contribution < 1.29 is 18.1 Å². The van der Waals surface area contributed by atoms with Gasteiger partial charge in [0.1, 0.15) is 11.4 Å². The molecule has 0 aliphatic carbocycles. The summed E-state index contributed by atoms with van der Waals surface area (Å²) in [4.78, 5) is 10.6. The van der Waals surface area contributed by atoms with Gasteiger partial charge in [0.15, 0.2) is 0 Å². The topological polar surface area (TPSA) is 123 Å². The minimum atomic E-state index is -4.05. The number of hydrogen-bond acceptors (Lipinski definition) is 7. The first-order chi connectivity index (χ1) is 15.7. The number of methoxy groups -OCH3 is 1. The van der Waals surface area contributed by atoms with Crippen molar-refractivity contribution in [2.75, 3.05) is 17.3 Å². The fraction of sp³-hybridized carbons (Fsp3) is 0.136. The van der Waals surface area contributed by atoms with Crippen molar-refractivity contribution >= 4 is 44.4 Å². The molecule has 3 aromatic rings. The molecule has 0 radical (unpaired) electrons. The Bertz CT molecular complexity index is 1280. The van der Waals surface area contributed by atoms with Gasteiger partial charge in [0, 0.05) is 28.9 Å². The van der Waals surface area contributed by atoms with Gasteiger partial charge in [-0.2, -0.15) is 5.10 Å². The van der Waals surface area contributed by atoms with Crippen molar-refractivity contribution in [3.63, 3.8) is 0 Å². The molecule has 0 saturated carbocycles. The average molecular weight is 489 g/mol. The van der Waals surface area contributed by atoms with E-state index in [1.807, 2.05) is 24.3 Å². The molecule has 11 heteroatoms. The van der Waals surface area contributed by atoms with E-state index in [1.54, 1.807) is 14.0 Å². The Kier molecular flexibility index (Phi) is 7.52. The Morgan fingerprint density at radius 3 is 2.36 bits per heavy atom. The van der Waals surface area contributed by atoms with E-state index < -0.39 is 20.6 Å². The second kappa shape index (κ2) is 10.3. The summed E-state index contributed by atoms with van der Waals surface area (Å²) in [5.74, 6) is 0.739. The van der Waals surface area contributed by atoms with Gasteiger partial charge in [-0.3, -0.25) is 20.3 Å². The van der Waals surface area contributed by atoms with E-state index in [0.717, 1.165) is 17.4 Å². The lowest BCUT2D eigenvalue weighted by Gasteiger charge is -2.10. The number of halogens is 1. The fourth-order valence-electron chi connectivity index (χ4n) is 2.89. The molecule has 3 aromatic carbocycles. The van der Waals surface area contributed by atoms with Gasteiger partial charge in [0.25, 0.3) is 15.7 Å². The van der Waals surface area contributed by atoms with Crippen LogP contribution in [0.3, 0.4) is 0 Å². The summed E-state index contributed by atoms with van der Waals surface area (Å²) < 4.78 is 32.8. The van der Waals surface area contributed by atoms with Crippen LogP contribution in [0.25, 0.3) is 0 Å². The number of sulfonamides is 1. The normalized spacial score (nSPS) is 11.7. The first-order valence-electron chi connectivity index (χ1n) is 9.67. The predicted molar refractivity (Wildman–Crippen MR) is 129 cm³/mol. The summed E-state index contributed by atoms with van der Waals surface area (Å²) in [5, 5.41) is 16.2. The van der Waals surface area contributed by atoms with Crippen LogP contribution in [0.1, 0.15) is 12.5 Å². The third-order valence-electron chi connectivity index (χ3n) is 4.56. The Morgan fingerprint density at radius 1 is 1.09 bits per heavy atom. The molecule has 172 valence electrons. The maximum atomic E-state index is 12.7. The molecule has 0 unspecified atom stereocenters. The molecule has 9 nitrogen and oxygen atoms in total. The molecule has 0 bridgehead atoms. The van der Waals surface area contributed by atoms with E-state index in [1.165, 1.54) is 36.4 Å². The number of nitrogens with one attached hydrogen (secondary N) is 2. The molecule has 0 aliphatic heterocycles. The third-order valence-corrected chi connectivity index (χ3v) is 6.19. The first kappa shape index (κ1) is 24.0. The monoisotopic (exact) mass is 488 g/mol. The molecule has 0 heterocycles. The zero-order valence-corrected chi connectivity index (χ0v) is 19.4. The van der Waals surface area contributed by atoms with E-state index in [9.17, 15) is 18.5 Å². The lowest BCUT2D eigenvalue weighted by atomic mass is 10.1. The van der Waals surface area contributed by atoms with E-state index >= 15 is 0 Å². The van der Waals surface area contributed by atoms with Crippen molar-refractivity contribution in [2.24, 2.45) is 5.10 Å². The highest BCUT2D eigenvalue weighted by molar-refractivity contribution is 7.92. The number of rotatable bonds is 9. The maximum Gasteiger partial charge on any atom is 0.295 e. The Balaban J connectivity index is 1.78. The summed E-state index contributed by atoms with van der Waals surface area (Å²) in [7, 11) is -2.46. The molecule has 33 heavy (non-hydrogen) atoms. The van der Waals surface area contributed by atoms with Crippen LogP contribution in [-0.2, 0) is 16.4 Å². The van der Waals surface area contributed by atoms with Crippen LogP contribution in [0.4, 0.5) is 17.1 Å². The van der Waals surface area contributed by atoms with Gasteiger partial charge in [0.05, 0.1) is 16.9 Å². The van der Waals surface area contributed by atoms with Gasteiger partial charge in [-0.15, -0.1) is 0 Å². The van der Waals surface area contributed by atoms with Gasteiger partial charge in [-0.05, 0) is 61.0 Å². The molecule has 0 fully saturated rings. The molecule has 3 rings (SSSR count). The Morgan fingerprint density at radius 2 is 1.76 bits per heavy atom. The fourth-order valence-corrected chi connectivity index (χ4v) is 4.09. The maximum absolute atomic E-state index is 12.7. The molecule has 0 aromatic heterocycles. The van der Waals surface area contributed by atoms with Crippen LogP contribution >= 0.6 is 11.6 Å². The molecule has 0 atom stereocenters. The molecule has 0 saturated heterocycles. The van der Waals surface area contributed by atoms with Gasteiger partial charge in [-0.1, -0.05) is 23.7 Å². The molecule has 0 aliphatic rings. The van der Waals surface area contributed by atoms with Crippen molar-refractivity contribution in [1.82, 2.24) is 0 Å². The van der Waals surface area contributed by atoms with Crippen molar-refractivity contribution in [2.45, 2.75) is 18.2 Å². The summed E-state index contributed by atoms with van der Waals surface area (Å²) >= 11 is 5.81. The standard InChI is InChI=1S/C22H21ClN4O5S/c1-15(13-16-3-9-19(32-2)10-4-16)24-25-21-12-11-20(14-22(21)27(28)29)33(30,31)26-18-7-5-17(23)6-8-18/h3-12,14,25-26H,13H2,1-2H3. The number of hydrogen-bond donors (Lipinski definition) is 2. The molecular formula is C22H21ClN4O5S. The second-order valence-corrected chi connectivity index (χ2v) is 9.15. The Labute approximate surface area is 196 Å². The SMILES string of the molecule is COc1ccc(CC(C)=NNc2ccc(S(=O)(=O)Nc3ccc(Cl)cc3)cc2[N+](=O)[O-])cc1. The zero-order chi connectivity index (χ0) is 24.0. The van der Waals surface area contributed by atoms with E-state index in [0.29, 0.717) is 17.2 Å². The highest BCUT2D eigenvalue weighted by atomic mass is 35.5. The van der Waals surface area contributed by atoms with Gasteiger partial charge < -0.3 is 4.74 Å². The average Bonchev–Trinajstić information content (AvgIpc) is 2.79. The van der Waals surface area contributed by atoms with Crippen LogP contribution in [0.5, 0.6) is 5.75 Å². The lowest BCUT2D eigenvalue weighted by molar-refractivity contribution is -0.384. The van der Waals surface area contributed by atoms with Crippen molar-refractivity contribution in [3.05, 3.63) is 87.4 Å². The number of nitrogens with zero attached hydrogens (tertiary/aromatic N) is 2. The van der Waals surface area contributed by atoms with Gasteiger partial charge >= 0.3 is 0 Å². The predicted octanol–water partition coefficient (Wildman–Crippen LogP) is 5.09. The van der Waals surface area contributed by atoms with Crippen LogP contribution < -0.4 is 14.9 Å². The van der Waals surface area contributed by atoms with Gasteiger partial charge in [0.2, 0.25) is 0 Å². The number of anilines is 2. The smallest absolute Gasteiger partial charge is 0.295 e.